The van der Waals surface area contributed by atoms with Crippen LogP contribution in [0.15, 0.2) is 0 Å². The second-order valence-corrected chi connectivity index (χ2v) is 5.56. The lowest BCUT2D eigenvalue weighted by atomic mass is 10.0. The third kappa shape index (κ3) is 3.49. The van der Waals surface area contributed by atoms with Crippen molar-refractivity contribution in [1.29, 1.82) is 0 Å². The van der Waals surface area contributed by atoms with Gasteiger partial charge in [-0.05, 0) is 0 Å². The molecule has 0 aromatic heterocycles. The van der Waals surface area contributed by atoms with Gasteiger partial charge in [-0.1, -0.05) is 0 Å². The minimum Gasteiger partial charge on any atom is -0.394 e. The topological polar surface area (TPSA) is 169 Å². The van der Waals surface area contributed by atoms with Crippen molar-refractivity contribution in [3.05, 3.63) is 0 Å². The van der Waals surface area contributed by atoms with Crippen LogP contribution in [0.4, 0.5) is 4.39 Å². The quantitative estimate of drug-likeness (QED) is 0.260. The summed E-state index contributed by atoms with van der Waals surface area (Å²) in [5.74, 6) is -2.18. The molecule has 2 aliphatic heterocycles. The van der Waals surface area contributed by atoms with E-state index in [4.69, 9.17) is 24.4 Å². The summed E-state index contributed by atoms with van der Waals surface area (Å²) >= 11 is 0. The van der Waals surface area contributed by atoms with Crippen molar-refractivity contribution in [2.75, 3.05) is 13.2 Å². The van der Waals surface area contributed by atoms with Crippen molar-refractivity contribution < 1.29 is 54.3 Å². The van der Waals surface area contributed by atoms with Crippen LogP contribution in [-0.2, 0) is 14.2 Å². The van der Waals surface area contributed by atoms with Gasteiger partial charge in [0.2, 0.25) is 12.1 Å². The van der Waals surface area contributed by atoms with Crippen LogP contribution in [0, 0.1) is 0 Å². The summed E-state index contributed by atoms with van der Waals surface area (Å²) < 4.78 is 28.4. The number of hydrogen-bond donors (Lipinski definition) is 7. The van der Waals surface area contributed by atoms with E-state index in [-0.39, 0.29) is 6.42 Å². The molecule has 11 heteroatoms. The number of aliphatic hydroxyl groups excluding tert-OH is 7. The standard InChI is InChI=1S/C12H21FO10/c13-11(20)9-7(17)4(16)1-6(21-9)23-12(3-15)10(19)8(18)5(2-14)22-12/h4-11,14-20H,1-3H2/t4-,5-,6-,7+,8-,9+,10+,11?,12?/m1/s1. The Morgan fingerprint density at radius 1 is 1.17 bits per heavy atom. The average Bonchev–Trinajstić information content (AvgIpc) is 2.75. The first-order valence-corrected chi connectivity index (χ1v) is 7.03. The van der Waals surface area contributed by atoms with Crippen molar-refractivity contribution in [3.63, 3.8) is 0 Å². The summed E-state index contributed by atoms with van der Waals surface area (Å²) in [7, 11) is 0. The molecule has 7 N–H and O–H groups in total. The van der Waals surface area contributed by atoms with Gasteiger partial charge in [-0.3, -0.25) is 0 Å². The number of halogens is 1. The molecule has 0 saturated carbocycles. The van der Waals surface area contributed by atoms with Gasteiger partial charge in [-0.25, -0.2) is 4.39 Å². The first kappa shape index (κ1) is 18.9. The second-order valence-electron chi connectivity index (χ2n) is 5.56. The largest absolute Gasteiger partial charge is 0.394 e. The van der Waals surface area contributed by atoms with Crippen LogP contribution in [-0.4, -0.2) is 104 Å². The molecule has 2 fully saturated rings. The van der Waals surface area contributed by atoms with Crippen LogP contribution in [0.2, 0.25) is 0 Å². The maximum Gasteiger partial charge on any atom is 0.225 e. The zero-order valence-electron chi connectivity index (χ0n) is 12.0. The van der Waals surface area contributed by atoms with E-state index >= 15 is 0 Å². The predicted molar refractivity (Wildman–Crippen MR) is 67.3 cm³/mol. The Bertz CT molecular complexity index is 398. The Labute approximate surface area is 130 Å². The van der Waals surface area contributed by atoms with E-state index in [1.165, 1.54) is 0 Å². The first-order valence-electron chi connectivity index (χ1n) is 7.03. The smallest absolute Gasteiger partial charge is 0.225 e. The number of rotatable bonds is 5. The van der Waals surface area contributed by atoms with Gasteiger partial charge in [0.15, 0.2) is 6.29 Å². The van der Waals surface area contributed by atoms with E-state index < -0.39 is 68.3 Å². The van der Waals surface area contributed by atoms with Crippen LogP contribution < -0.4 is 0 Å². The normalized spacial score (nSPS) is 49.3. The zero-order chi connectivity index (χ0) is 17.4. The van der Waals surface area contributed by atoms with E-state index in [1.54, 1.807) is 0 Å². The molecular formula is C12H21FO10. The Morgan fingerprint density at radius 2 is 1.83 bits per heavy atom. The fourth-order valence-corrected chi connectivity index (χ4v) is 2.66. The fourth-order valence-electron chi connectivity index (χ4n) is 2.66. The molecule has 2 rings (SSSR count). The van der Waals surface area contributed by atoms with Crippen LogP contribution in [0.5, 0.6) is 0 Å². The van der Waals surface area contributed by atoms with Gasteiger partial charge in [-0.2, -0.15) is 0 Å². The summed E-state index contributed by atoms with van der Waals surface area (Å²) in [4.78, 5) is 0. The minimum atomic E-state index is -2.61. The molecule has 2 heterocycles. The third-order valence-corrected chi connectivity index (χ3v) is 3.98. The SMILES string of the molecule is OC[C@H]1OC(CO)(O[C@@H]2C[C@@H](O)[C@H](O)[C@@H](C(O)F)O2)[C@@H](O)[C@@H]1O. The van der Waals surface area contributed by atoms with Gasteiger partial charge in [0.25, 0.3) is 0 Å². The molecule has 10 nitrogen and oxygen atoms in total. The van der Waals surface area contributed by atoms with Crippen LogP contribution in [0.3, 0.4) is 0 Å². The number of alkyl halides is 1. The summed E-state index contributed by atoms with van der Waals surface area (Å²) in [6, 6.07) is 0. The van der Waals surface area contributed by atoms with Crippen LogP contribution in [0.25, 0.3) is 0 Å². The monoisotopic (exact) mass is 344 g/mol. The van der Waals surface area contributed by atoms with E-state index in [0.717, 1.165) is 0 Å². The van der Waals surface area contributed by atoms with Gasteiger partial charge in [0.1, 0.15) is 37.1 Å². The van der Waals surface area contributed by atoms with Gasteiger partial charge in [0, 0.05) is 6.42 Å². The van der Waals surface area contributed by atoms with Crippen molar-refractivity contribution in [1.82, 2.24) is 0 Å². The molecule has 0 aliphatic carbocycles. The molecule has 136 valence electrons. The van der Waals surface area contributed by atoms with Crippen molar-refractivity contribution in [2.24, 2.45) is 0 Å². The molecule has 0 spiro atoms. The molecule has 2 unspecified atom stereocenters. The highest BCUT2D eigenvalue weighted by Gasteiger charge is 2.57. The van der Waals surface area contributed by atoms with Crippen LogP contribution in [0.1, 0.15) is 6.42 Å². The van der Waals surface area contributed by atoms with Crippen molar-refractivity contribution in [2.45, 2.75) is 61.5 Å². The predicted octanol–water partition coefficient (Wildman–Crippen LogP) is -4.07. The highest BCUT2D eigenvalue weighted by Crippen LogP contribution is 2.36. The summed E-state index contributed by atoms with van der Waals surface area (Å²) in [6.07, 6.45) is -14.0. The number of ether oxygens (including phenoxy) is 3. The number of aliphatic hydroxyl groups is 7. The maximum atomic E-state index is 13.0. The van der Waals surface area contributed by atoms with Gasteiger partial charge >= 0.3 is 0 Å². The molecule has 0 radical (unpaired) electrons. The molecule has 2 saturated heterocycles. The maximum absolute atomic E-state index is 13.0. The number of hydrogen-bond acceptors (Lipinski definition) is 10. The molecule has 9 atom stereocenters. The van der Waals surface area contributed by atoms with E-state index in [0.29, 0.717) is 0 Å². The van der Waals surface area contributed by atoms with E-state index in [9.17, 15) is 29.9 Å². The van der Waals surface area contributed by atoms with Crippen molar-refractivity contribution in [3.8, 4) is 0 Å². The van der Waals surface area contributed by atoms with Crippen molar-refractivity contribution >= 4 is 0 Å². The Kier molecular flexibility index (Phi) is 5.90. The summed E-state index contributed by atoms with van der Waals surface area (Å²) in [6.45, 7) is -1.61. The zero-order valence-corrected chi connectivity index (χ0v) is 12.0. The van der Waals surface area contributed by atoms with E-state index in [2.05, 4.69) is 0 Å². The molecule has 0 aromatic carbocycles. The van der Waals surface area contributed by atoms with Gasteiger partial charge in [0.05, 0.1) is 12.7 Å². The summed E-state index contributed by atoms with van der Waals surface area (Å²) in [5.41, 5.74) is 0. The molecule has 0 amide bonds. The second kappa shape index (κ2) is 7.19. The molecular weight excluding hydrogens is 323 g/mol. The highest BCUT2D eigenvalue weighted by atomic mass is 19.1. The van der Waals surface area contributed by atoms with Gasteiger partial charge in [-0.15, -0.1) is 0 Å². The molecule has 23 heavy (non-hydrogen) atoms. The van der Waals surface area contributed by atoms with Gasteiger partial charge < -0.3 is 50.0 Å². The third-order valence-electron chi connectivity index (χ3n) is 3.98. The minimum absolute atomic E-state index is 0.373. The summed E-state index contributed by atoms with van der Waals surface area (Å²) in [5, 5.41) is 66.3. The molecule has 0 aromatic rings. The average molecular weight is 344 g/mol. The lowest BCUT2D eigenvalue weighted by Crippen LogP contribution is -2.57. The molecule has 2 aliphatic rings. The van der Waals surface area contributed by atoms with Crippen LogP contribution >= 0.6 is 0 Å². The lowest BCUT2D eigenvalue weighted by Gasteiger charge is -2.41. The highest BCUT2D eigenvalue weighted by molar-refractivity contribution is 4.97. The Hall–Kier alpha value is -0.470. The molecule has 0 bridgehead atoms. The Morgan fingerprint density at radius 3 is 2.30 bits per heavy atom. The Balaban J connectivity index is 2.13. The fraction of sp³-hybridized carbons (Fsp3) is 1.00. The first-order chi connectivity index (χ1) is 10.8. The van der Waals surface area contributed by atoms with E-state index in [1.807, 2.05) is 0 Å². The lowest BCUT2D eigenvalue weighted by molar-refractivity contribution is -0.370.